The molecule has 0 aliphatic heterocycles. The lowest BCUT2D eigenvalue weighted by molar-refractivity contribution is 0.0985. The number of nitrogens with zero attached hydrogens (tertiary/aromatic N) is 3. The fraction of sp³-hybridized carbons (Fsp3) is 0.136. The number of carbonyl (C=O) groups excluding carboxylic acids is 1. The summed E-state index contributed by atoms with van der Waals surface area (Å²) in [6, 6.07) is 16.7. The van der Waals surface area contributed by atoms with Crippen LogP contribution in [0.4, 0.5) is 5.13 Å². The summed E-state index contributed by atoms with van der Waals surface area (Å²) >= 11 is 7.50. The Morgan fingerprint density at radius 2 is 1.86 bits per heavy atom. The van der Waals surface area contributed by atoms with Gasteiger partial charge in [0.2, 0.25) is 0 Å². The average Bonchev–Trinajstić information content (AvgIpc) is 3.15. The van der Waals surface area contributed by atoms with Crippen LogP contribution >= 0.6 is 22.9 Å². The second-order valence-corrected chi connectivity index (χ2v) is 8.02. The van der Waals surface area contributed by atoms with Gasteiger partial charge in [-0.3, -0.25) is 14.7 Å². The normalized spacial score (nSPS) is 11.0. The highest BCUT2D eigenvalue weighted by Gasteiger charge is 2.22. The zero-order chi connectivity index (χ0) is 19.7. The van der Waals surface area contributed by atoms with E-state index in [-0.39, 0.29) is 5.91 Å². The minimum atomic E-state index is -0.129. The Hall–Kier alpha value is -2.76. The van der Waals surface area contributed by atoms with E-state index in [0.29, 0.717) is 22.3 Å². The quantitative estimate of drug-likeness (QED) is 0.429. The average molecular weight is 408 g/mol. The maximum Gasteiger partial charge on any atom is 0.260 e. The first-order valence-corrected chi connectivity index (χ1v) is 10.1. The number of aromatic nitrogens is 2. The summed E-state index contributed by atoms with van der Waals surface area (Å²) < 4.78 is 1.06. The highest BCUT2D eigenvalue weighted by molar-refractivity contribution is 7.22. The zero-order valence-corrected chi connectivity index (χ0v) is 17.1. The third-order valence-corrected chi connectivity index (χ3v) is 5.98. The van der Waals surface area contributed by atoms with Crippen LogP contribution in [-0.4, -0.2) is 15.9 Å². The van der Waals surface area contributed by atoms with Gasteiger partial charge in [0.1, 0.15) is 0 Å². The Labute approximate surface area is 172 Å². The molecule has 0 bridgehead atoms. The van der Waals surface area contributed by atoms with E-state index in [1.807, 2.05) is 18.2 Å². The lowest BCUT2D eigenvalue weighted by Crippen LogP contribution is -2.30. The van der Waals surface area contributed by atoms with E-state index in [1.54, 1.807) is 35.4 Å². The van der Waals surface area contributed by atoms with Gasteiger partial charge in [-0.05, 0) is 67.4 Å². The van der Waals surface area contributed by atoms with Gasteiger partial charge in [-0.25, -0.2) is 4.98 Å². The summed E-state index contributed by atoms with van der Waals surface area (Å²) in [7, 11) is 0. The van der Waals surface area contributed by atoms with Crippen LogP contribution in [0.5, 0.6) is 0 Å². The molecule has 0 aliphatic carbocycles. The first-order valence-electron chi connectivity index (χ1n) is 8.87. The van der Waals surface area contributed by atoms with E-state index in [2.05, 4.69) is 31.0 Å². The molecule has 0 saturated carbocycles. The number of amides is 1. The van der Waals surface area contributed by atoms with E-state index in [0.717, 1.165) is 21.5 Å². The summed E-state index contributed by atoms with van der Waals surface area (Å²) in [4.78, 5) is 24.2. The summed E-state index contributed by atoms with van der Waals surface area (Å²) in [5, 5.41) is 1.26. The van der Waals surface area contributed by atoms with Crippen LogP contribution in [0.25, 0.3) is 10.2 Å². The molecule has 0 radical (unpaired) electrons. The van der Waals surface area contributed by atoms with Crippen molar-refractivity contribution in [2.24, 2.45) is 0 Å². The number of hydrogen-bond donors (Lipinski definition) is 0. The largest absolute Gasteiger partial charge is 0.278 e. The van der Waals surface area contributed by atoms with E-state index >= 15 is 0 Å². The first kappa shape index (κ1) is 18.6. The van der Waals surface area contributed by atoms with Gasteiger partial charge in [0.15, 0.2) is 5.13 Å². The molecule has 28 heavy (non-hydrogen) atoms. The molecule has 0 atom stereocenters. The van der Waals surface area contributed by atoms with Gasteiger partial charge in [0, 0.05) is 16.8 Å². The molecule has 0 fully saturated rings. The number of pyridine rings is 1. The van der Waals surface area contributed by atoms with E-state index in [9.17, 15) is 4.79 Å². The minimum absolute atomic E-state index is 0.129. The van der Waals surface area contributed by atoms with E-state index < -0.39 is 0 Å². The number of hydrogen-bond acceptors (Lipinski definition) is 4. The van der Waals surface area contributed by atoms with Gasteiger partial charge >= 0.3 is 0 Å². The first-order chi connectivity index (χ1) is 13.5. The molecule has 140 valence electrons. The van der Waals surface area contributed by atoms with Crippen LogP contribution in [0.1, 0.15) is 27.2 Å². The van der Waals surface area contributed by atoms with Crippen LogP contribution in [-0.2, 0) is 6.54 Å². The number of rotatable bonds is 4. The standard InChI is InChI=1S/C22H18ClN3OS/c1-14-6-11-19-20(15(14)2)25-22(28-19)26(13-18-5-3-4-12-24-18)21(27)16-7-9-17(23)10-8-16/h3-12H,13H2,1-2H3. The molecule has 6 heteroatoms. The zero-order valence-electron chi connectivity index (χ0n) is 15.5. The van der Waals surface area contributed by atoms with Crippen LogP contribution in [0.3, 0.4) is 0 Å². The summed E-state index contributed by atoms with van der Waals surface area (Å²) in [5.41, 5.74) is 4.63. The minimum Gasteiger partial charge on any atom is -0.278 e. The molecule has 2 aromatic carbocycles. The van der Waals surface area contributed by atoms with Crippen molar-refractivity contribution in [2.45, 2.75) is 20.4 Å². The molecular weight excluding hydrogens is 390 g/mol. The van der Waals surface area contributed by atoms with Crippen LogP contribution in [0, 0.1) is 13.8 Å². The summed E-state index contributed by atoms with van der Waals surface area (Å²) in [6.07, 6.45) is 1.73. The second kappa shape index (κ2) is 7.70. The summed E-state index contributed by atoms with van der Waals surface area (Å²) in [6.45, 7) is 4.48. The number of aryl methyl sites for hydroxylation is 2. The molecule has 0 N–H and O–H groups in total. The number of benzene rings is 2. The van der Waals surface area contributed by atoms with Crippen molar-refractivity contribution in [3.05, 3.63) is 88.2 Å². The topological polar surface area (TPSA) is 46.1 Å². The van der Waals surface area contributed by atoms with Gasteiger partial charge in [-0.15, -0.1) is 0 Å². The molecule has 4 rings (SSSR count). The predicted molar refractivity (Wildman–Crippen MR) is 115 cm³/mol. The third kappa shape index (κ3) is 3.63. The number of anilines is 1. The Morgan fingerprint density at radius 1 is 1.07 bits per heavy atom. The van der Waals surface area contributed by atoms with Gasteiger partial charge in [-0.2, -0.15) is 0 Å². The Bertz CT molecular complexity index is 1140. The lowest BCUT2D eigenvalue weighted by atomic mass is 10.1. The van der Waals surface area contributed by atoms with Gasteiger partial charge in [0.25, 0.3) is 5.91 Å². The molecule has 0 unspecified atom stereocenters. The Morgan fingerprint density at radius 3 is 2.57 bits per heavy atom. The van der Waals surface area contributed by atoms with Crippen LogP contribution in [0.15, 0.2) is 60.8 Å². The fourth-order valence-corrected chi connectivity index (χ4v) is 4.11. The van der Waals surface area contributed by atoms with Gasteiger partial charge in [0.05, 0.1) is 22.5 Å². The lowest BCUT2D eigenvalue weighted by Gasteiger charge is -2.19. The smallest absolute Gasteiger partial charge is 0.260 e. The maximum absolute atomic E-state index is 13.3. The highest BCUT2D eigenvalue weighted by atomic mass is 35.5. The second-order valence-electron chi connectivity index (χ2n) is 6.57. The van der Waals surface area contributed by atoms with Gasteiger partial charge < -0.3 is 0 Å². The van der Waals surface area contributed by atoms with Gasteiger partial charge in [-0.1, -0.05) is 35.1 Å². The predicted octanol–water partition coefficient (Wildman–Crippen LogP) is 5.81. The fourth-order valence-electron chi connectivity index (χ4n) is 2.96. The Kier molecular flexibility index (Phi) is 5.11. The molecule has 4 nitrogen and oxygen atoms in total. The molecule has 0 aliphatic rings. The molecule has 0 spiro atoms. The van der Waals surface area contributed by atoms with E-state index in [1.165, 1.54) is 16.9 Å². The van der Waals surface area contributed by atoms with Crippen LogP contribution < -0.4 is 4.90 Å². The number of fused-ring (bicyclic) bond motifs is 1. The van der Waals surface area contributed by atoms with Crippen LogP contribution in [0.2, 0.25) is 5.02 Å². The molecular formula is C22H18ClN3OS. The molecule has 0 saturated heterocycles. The molecule has 4 aromatic rings. The van der Waals surface area contributed by atoms with Crippen molar-refractivity contribution < 1.29 is 4.79 Å². The van der Waals surface area contributed by atoms with E-state index in [4.69, 9.17) is 16.6 Å². The molecule has 1 amide bonds. The van der Waals surface area contributed by atoms with Crippen molar-refractivity contribution in [1.82, 2.24) is 9.97 Å². The van der Waals surface area contributed by atoms with Crippen molar-refractivity contribution in [3.8, 4) is 0 Å². The van der Waals surface area contributed by atoms with Crippen molar-refractivity contribution in [2.75, 3.05) is 4.90 Å². The monoisotopic (exact) mass is 407 g/mol. The maximum atomic E-state index is 13.3. The summed E-state index contributed by atoms with van der Waals surface area (Å²) in [5.74, 6) is -0.129. The number of thiazole rings is 1. The number of carbonyl (C=O) groups is 1. The number of halogens is 1. The highest BCUT2D eigenvalue weighted by Crippen LogP contribution is 2.33. The van der Waals surface area contributed by atoms with Crippen molar-refractivity contribution in [1.29, 1.82) is 0 Å². The Balaban J connectivity index is 1.79. The molecule has 2 aromatic heterocycles. The molecule has 2 heterocycles. The third-order valence-electron chi connectivity index (χ3n) is 4.69. The van der Waals surface area contributed by atoms with Crippen molar-refractivity contribution in [3.63, 3.8) is 0 Å². The van der Waals surface area contributed by atoms with Crippen molar-refractivity contribution >= 4 is 44.2 Å². The SMILES string of the molecule is Cc1ccc2sc(N(Cc3ccccn3)C(=O)c3ccc(Cl)cc3)nc2c1C.